The molecular formula is C38H75ClO2. The van der Waals surface area contributed by atoms with Crippen molar-refractivity contribution in [2.24, 2.45) is 29.1 Å². The minimum Gasteiger partial charge on any atom is -0.393 e. The molecule has 0 aliphatic heterocycles. The molecule has 0 amide bonds. The molecule has 0 heterocycles. The van der Waals surface area contributed by atoms with Crippen LogP contribution < -0.4 is 0 Å². The monoisotopic (exact) mass is 599 g/mol. The van der Waals surface area contributed by atoms with E-state index in [9.17, 15) is 4.79 Å². The number of aldehydes is 1. The van der Waals surface area contributed by atoms with E-state index in [2.05, 4.69) is 79.0 Å². The molecule has 2 rings (SSSR count). The van der Waals surface area contributed by atoms with Gasteiger partial charge in [-0.05, 0) is 82.0 Å². The molecule has 246 valence electrons. The topological polar surface area (TPSA) is 37.3 Å². The molecule has 2 aliphatic rings. The second-order valence-corrected chi connectivity index (χ2v) is 11.9. The molecule has 2 aliphatic carbocycles. The molecule has 1 N–H and O–H groups in total. The summed E-state index contributed by atoms with van der Waals surface area (Å²) in [5, 5.41) is 9.67. The van der Waals surface area contributed by atoms with Crippen LogP contribution in [-0.4, -0.2) is 17.5 Å². The van der Waals surface area contributed by atoms with Crippen LogP contribution in [-0.2, 0) is 4.79 Å². The first-order chi connectivity index (χ1) is 19.4. The SMILES string of the molecule is C#CC.CC.CC.CC(O)C(C)C=O.CC1CC=CCCC1.CCC.CCCC(C1CC=C(Cl)CC1)C(C)(C)CC. The van der Waals surface area contributed by atoms with E-state index in [4.69, 9.17) is 16.7 Å². The van der Waals surface area contributed by atoms with Gasteiger partial charge in [0.25, 0.3) is 0 Å². The molecule has 0 saturated heterocycles. The van der Waals surface area contributed by atoms with Crippen LogP contribution >= 0.6 is 11.6 Å². The first-order valence-electron chi connectivity index (χ1n) is 16.9. The molecule has 5 unspecified atom stereocenters. The molecule has 5 atom stereocenters. The number of carbonyl (C=O) groups is 1. The Kier molecular flexibility index (Phi) is 44.8. The van der Waals surface area contributed by atoms with Crippen molar-refractivity contribution in [3.05, 3.63) is 23.3 Å². The average molecular weight is 599 g/mol. The largest absolute Gasteiger partial charge is 0.393 e. The van der Waals surface area contributed by atoms with Crippen molar-refractivity contribution < 1.29 is 9.90 Å². The summed E-state index contributed by atoms with van der Waals surface area (Å²) in [5.41, 5.74) is 0.484. The fourth-order valence-corrected chi connectivity index (χ4v) is 4.49. The minimum atomic E-state index is -0.502. The molecular weight excluding hydrogens is 524 g/mol. The Morgan fingerprint density at radius 1 is 1.07 bits per heavy atom. The van der Waals surface area contributed by atoms with Crippen molar-refractivity contribution in [2.45, 2.75) is 174 Å². The first kappa shape index (κ1) is 49.6. The number of aliphatic hydroxyl groups excluding tert-OH is 1. The van der Waals surface area contributed by atoms with Gasteiger partial charge in [-0.3, -0.25) is 0 Å². The summed E-state index contributed by atoms with van der Waals surface area (Å²) in [6, 6.07) is 0. The Bertz CT molecular complexity index is 612. The van der Waals surface area contributed by atoms with Crippen LogP contribution in [0.25, 0.3) is 0 Å². The van der Waals surface area contributed by atoms with Gasteiger partial charge in [0.1, 0.15) is 6.29 Å². The maximum absolute atomic E-state index is 9.79. The van der Waals surface area contributed by atoms with Crippen LogP contribution in [0.15, 0.2) is 23.3 Å². The fraction of sp³-hybridized carbons (Fsp3) is 0.816. The van der Waals surface area contributed by atoms with Gasteiger partial charge in [-0.2, -0.15) is 0 Å². The van der Waals surface area contributed by atoms with Crippen LogP contribution in [0, 0.1) is 41.4 Å². The summed E-state index contributed by atoms with van der Waals surface area (Å²) in [4.78, 5) is 9.79. The zero-order valence-electron chi connectivity index (χ0n) is 30.3. The third-order valence-corrected chi connectivity index (χ3v) is 7.57. The lowest BCUT2D eigenvalue weighted by molar-refractivity contribution is -0.113. The summed E-state index contributed by atoms with van der Waals surface area (Å²) in [5.74, 6) is 4.69. The van der Waals surface area contributed by atoms with E-state index in [-0.39, 0.29) is 5.92 Å². The van der Waals surface area contributed by atoms with E-state index in [0.29, 0.717) is 5.41 Å². The van der Waals surface area contributed by atoms with Crippen LogP contribution in [0.3, 0.4) is 0 Å². The first-order valence-corrected chi connectivity index (χ1v) is 17.3. The van der Waals surface area contributed by atoms with Crippen molar-refractivity contribution in [2.75, 3.05) is 0 Å². The van der Waals surface area contributed by atoms with Gasteiger partial charge < -0.3 is 9.90 Å². The number of rotatable bonds is 7. The standard InChI is InChI=1S/C15H27Cl.C8H14.C5H10O2.C3H8.C3H4.2C2H6/c1-5-7-14(15(3,4)6-2)12-8-10-13(16)11-9-12;1-8-6-4-2-3-5-7-8;1-4(3-6)5(2)7;2*1-3-2;2*1-2/h10,12,14H,5-9,11H2,1-4H3;2,4,8H,3,5-7H2,1H3;3-5,7H,1-2H3;3H2,1-2H3;1H,2H3;2*1-2H3. The van der Waals surface area contributed by atoms with E-state index < -0.39 is 6.10 Å². The predicted octanol–water partition coefficient (Wildman–Crippen LogP) is 12.8. The fourth-order valence-electron chi connectivity index (χ4n) is 4.29. The molecule has 0 radical (unpaired) electrons. The van der Waals surface area contributed by atoms with Gasteiger partial charge >= 0.3 is 0 Å². The number of terminal acetylenes is 1. The second-order valence-electron chi connectivity index (χ2n) is 11.4. The van der Waals surface area contributed by atoms with Gasteiger partial charge in [0.05, 0.1) is 6.10 Å². The Morgan fingerprint density at radius 3 is 1.93 bits per heavy atom. The number of halogens is 1. The summed E-state index contributed by atoms with van der Waals surface area (Å²) in [6.07, 6.45) is 26.0. The lowest BCUT2D eigenvalue weighted by Gasteiger charge is -2.40. The van der Waals surface area contributed by atoms with E-state index in [1.807, 2.05) is 27.7 Å². The zero-order chi connectivity index (χ0) is 33.3. The molecule has 0 bridgehead atoms. The van der Waals surface area contributed by atoms with E-state index in [1.54, 1.807) is 20.8 Å². The zero-order valence-corrected chi connectivity index (χ0v) is 31.0. The number of allylic oxidation sites excluding steroid dienone is 4. The van der Waals surface area contributed by atoms with Gasteiger partial charge in [-0.25, -0.2) is 0 Å². The Balaban J connectivity index is -0.000000146. The molecule has 0 spiro atoms. The van der Waals surface area contributed by atoms with Crippen LogP contribution in [0.1, 0.15) is 168 Å². The van der Waals surface area contributed by atoms with Gasteiger partial charge in [0.2, 0.25) is 0 Å². The number of carbonyl (C=O) groups excluding carboxylic acids is 1. The highest BCUT2D eigenvalue weighted by atomic mass is 35.5. The summed E-state index contributed by atoms with van der Waals surface area (Å²) >= 11 is 6.07. The summed E-state index contributed by atoms with van der Waals surface area (Å²) in [6.45, 7) is 29.0. The van der Waals surface area contributed by atoms with Crippen molar-refractivity contribution in [1.29, 1.82) is 0 Å². The van der Waals surface area contributed by atoms with E-state index in [0.717, 1.165) is 35.5 Å². The molecule has 0 saturated carbocycles. The Labute approximate surface area is 265 Å². The molecule has 3 heteroatoms. The van der Waals surface area contributed by atoms with Crippen LogP contribution in [0.5, 0.6) is 0 Å². The molecule has 0 fully saturated rings. The van der Waals surface area contributed by atoms with Crippen molar-refractivity contribution in [3.8, 4) is 12.3 Å². The van der Waals surface area contributed by atoms with Crippen molar-refractivity contribution in [1.82, 2.24) is 0 Å². The van der Waals surface area contributed by atoms with Gasteiger partial charge in [-0.15, -0.1) is 12.3 Å². The smallest absolute Gasteiger partial charge is 0.125 e. The van der Waals surface area contributed by atoms with Crippen molar-refractivity contribution >= 4 is 17.9 Å². The van der Waals surface area contributed by atoms with Gasteiger partial charge in [0.15, 0.2) is 0 Å². The highest BCUT2D eigenvalue weighted by Crippen LogP contribution is 2.44. The van der Waals surface area contributed by atoms with Gasteiger partial charge in [0, 0.05) is 11.0 Å². The predicted molar refractivity (Wildman–Crippen MR) is 191 cm³/mol. The van der Waals surface area contributed by atoms with E-state index in [1.165, 1.54) is 64.2 Å². The summed E-state index contributed by atoms with van der Waals surface area (Å²) < 4.78 is 0. The number of hydrogen-bond acceptors (Lipinski definition) is 2. The summed E-state index contributed by atoms with van der Waals surface area (Å²) in [7, 11) is 0. The Morgan fingerprint density at radius 2 is 1.59 bits per heavy atom. The second kappa shape index (κ2) is 37.0. The third kappa shape index (κ3) is 33.3. The lowest BCUT2D eigenvalue weighted by atomic mass is 9.65. The highest BCUT2D eigenvalue weighted by molar-refractivity contribution is 6.29. The quantitative estimate of drug-likeness (QED) is 0.180. The highest BCUT2D eigenvalue weighted by Gasteiger charge is 2.33. The van der Waals surface area contributed by atoms with Gasteiger partial charge in [-0.1, -0.05) is 139 Å². The molecule has 0 aromatic rings. The maximum atomic E-state index is 9.79. The van der Waals surface area contributed by atoms with Crippen LogP contribution in [0.2, 0.25) is 0 Å². The normalized spacial score (nSPS) is 19.2. The lowest BCUT2D eigenvalue weighted by Crippen LogP contribution is -2.31. The molecule has 41 heavy (non-hydrogen) atoms. The third-order valence-electron chi connectivity index (χ3n) is 7.23. The average Bonchev–Trinajstić information content (AvgIpc) is 3.22. The van der Waals surface area contributed by atoms with E-state index >= 15 is 0 Å². The number of aliphatic hydroxyl groups is 1. The van der Waals surface area contributed by atoms with Crippen LogP contribution in [0.4, 0.5) is 0 Å². The molecule has 0 aromatic heterocycles. The number of hydrogen-bond donors (Lipinski definition) is 1. The molecule has 0 aromatic carbocycles. The maximum Gasteiger partial charge on any atom is 0.125 e. The minimum absolute atomic E-state index is 0.222. The molecule has 2 nitrogen and oxygen atoms in total. The Hall–Kier alpha value is -1.04. The van der Waals surface area contributed by atoms with Crippen molar-refractivity contribution in [3.63, 3.8) is 0 Å².